The van der Waals surface area contributed by atoms with Gasteiger partial charge in [-0.05, 0) is 55.5 Å². The molecule has 7 nitrogen and oxygen atoms in total. The van der Waals surface area contributed by atoms with Gasteiger partial charge in [0.05, 0.1) is 12.0 Å². The maximum absolute atomic E-state index is 13.0. The first kappa shape index (κ1) is 20.6. The van der Waals surface area contributed by atoms with E-state index in [1.54, 1.807) is 35.7 Å². The number of hydrogen-bond donors (Lipinski definition) is 0. The van der Waals surface area contributed by atoms with E-state index in [1.165, 1.54) is 0 Å². The van der Waals surface area contributed by atoms with Crippen LogP contribution in [0.5, 0.6) is 5.75 Å². The molecule has 1 aliphatic heterocycles. The van der Waals surface area contributed by atoms with Crippen LogP contribution in [0.4, 0.5) is 0 Å². The van der Waals surface area contributed by atoms with E-state index in [9.17, 15) is 8.42 Å². The van der Waals surface area contributed by atoms with Crippen LogP contribution in [0.25, 0.3) is 11.4 Å². The smallest absolute Gasteiger partial charge is 0.243 e. The molecule has 1 atom stereocenters. The number of piperidine rings is 1. The zero-order valence-corrected chi connectivity index (χ0v) is 17.9. The van der Waals surface area contributed by atoms with Crippen molar-refractivity contribution in [2.75, 3.05) is 20.2 Å². The summed E-state index contributed by atoms with van der Waals surface area (Å²) in [4.78, 5) is 4.82. The van der Waals surface area contributed by atoms with Gasteiger partial charge in [-0.3, -0.25) is 0 Å². The van der Waals surface area contributed by atoms with E-state index >= 15 is 0 Å². The first-order valence-corrected chi connectivity index (χ1v) is 11.4. The molecule has 0 saturated carbocycles. The van der Waals surface area contributed by atoms with E-state index in [2.05, 4.69) is 10.1 Å². The zero-order chi connectivity index (χ0) is 21.1. The van der Waals surface area contributed by atoms with Crippen LogP contribution in [0, 0.1) is 12.8 Å². The Morgan fingerprint density at radius 3 is 2.67 bits per heavy atom. The van der Waals surface area contributed by atoms with E-state index in [1.807, 2.05) is 31.2 Å². The molecule has 0 amide bonds. The van der Waals surface area contributed by atoms with Gasteiger partial charge >= 0.3 is 0 Å². The van der Waals surface area contributed by atoms with E-state index in [-0.39, 0.29) is 10.8 Å². The van der Waals surface area contributed by atoms with Crippen molar-refractivity contribution in [1.29, 1.82) is 0 Å². The van der Waals surface area contributed by atoms with Gasteiger partial charge in [0.1, 0.15) is 5.75 Å². The quantitative estimate of drug-likeness (QED) is 0.596. The van der Waals surface area contributed by atoms with Crippen molar-refractivity contribution in [3.63, 3.8) is 0 Å². The summed E-state index contributed by atoms with van der Waals surface area (Å²) in [7, 11) is -1.99. The molecule has 0 aliphatic carbocycles. The van der Waals surface area contributed by atoms with E-state index in [0.717, 1.165) is 24.0 Å². The van der Waals surface area contributed by atoms with Gasteiger partial charge in [-0.1, -0.05) is 29.4 Å². The van der Waals surface area contributed by atoms with Gasteiger partial charge in [0, 0.05) is 25.1 Å². The molecule has 1 saturated heterocycles. The fourth-order valence-corrected chi connectivity index (χ4v) is 5.38. The van der Waals surface area contributed by atoms with Crippen molar-refractivity contribution in [3.05, 3.63) is 60.0 Å². The van der Waals surface area contributed by atoms with Crippen LogP contribution < -0.4 is 4.74 Å². The van der Waals surface area contributed by atoms with Crippen LogP contribution in [-0.2, 0) is 16.4 Å². The second kappa shape index (κ2) is 8.57. The molecule has 2 aromatic carbocycles. The molecular weight excluding hydrogens is 402 g/mol. The first-order valence-electron chi connectivity index (χ1n) is 10.00. The summed E-state index contributed by atoms with van der Waals surface area (Å²) in [5.41, 5.74) is 2.03. The first-order chi connectivity index (χ1) is 14.5. The highest BCUT2D eigenvalue weighted by Gasteiger charge is 2.31. The van der Waals surface area contributed by atoms with Crippen LogP contribution in [0.3, 0.4) is 0 Å². The van der Waals surface area contributed by atoms with Crippen molar-refractivity contribution in [2.24, 2.45) is 5.92 Å². The van der Waals surface area contributed by atoms with Crippen molar-refractivity contribution < 1.29 is 17.7 Å². The summed E-state index contributed by atoms with van der Waals surface area (Å²) in [5.74, 6) is 1.88. The summed E-state index contributed by atoms with van der Waals surface area (Å²) < 4.78 is 38.2. The third-order valence-electron chi connectivity index (χ3n) is 5.50. The zero-order valence-electron chi connectivity index (χ0n) is 17.1. The number of benzene rings is 2. The predicted molar refractivity (Wildman–Crippen MR) is 113 cm³/mol. The Morgan fingerprint density at radius 1 is 1.17 bits per heavy atom. The second-order valence-corrected chi connectivity index (χ2v) is 9.52. The summed E-state index contributed by atoms with van der Waals surface area (Å²) in [6.45, 7) is 2.97. The van der Waals surface area contributed by atoms with Gasteiger partial charge in [-0.15, -0.1) is 0 Å². The Labute approximate surface area is 176 Å². The Morgan fingerprint density at radius 2 is 1.93 bits per heavy atom. The minimum absolute atomic E-state index is 0.136. The fourth-order valence-electron chi connectivity index (χ4n) is 3.83. The van der Waals surface area contributed by atoms with Crippen molar-refractivity contribution >= 4 is 10.0 Å². The average Bonchev–Trinajstić information content (AvgIpc) is 3.22. The summed E-state index contributed by atoms with van der Waals surface area (Å²) in [6.07, 6.45) is 2.29. The molecule has 30 heavy (non-hydrogen) atoms. The minimum Gasteiger partial charge on any atom is -0.497 e. The molecule has 0 spiro atoms. The highest BCUT2D eigenvalue weighted by molar-refractivity contribution is 7.89. The fraction of sp³-hybridized carbons (Fsp3) is 0.364. The Hall–Kier alpha value is -2.71. The molecular formula is C22H25N3O4S. The molecule has 158 valence electrons. The Balaban J connectivity index is 1.46. The van der Waals surface area contributed by atoms with Crippen LogP contribution in [0.15, 0.2) is 57.9 Å². The van der Waals surface area contributed by atoms with Crippen LogP contribution in [0.1, 0.15) is 24.3 Å². The topological polar surface area (TPSA) is 85.5 Å². The van der Waals surface area contributed by atoms with Crippen molar-refractivity contribution in [2.45, 2.75) is 31.1 Å². The molecule has 3 aromatic rings. The summed E-state index contributed by atoms with van der Waals surface area (Å²) in [6, 6.07) is 14.4. The normalized spacial score (nSPS) is 17.7. The molecule has 8 heteroatoms. The number of methoxy groups -OCH3 is 1. The van der Waals surface area contributed by atoms with Gasteiger partial charge in [-0.2, -0.15) is 9.29 Å². The third kappa shape index (κ3) is 4.24. The highest BCUT2D eigenvalue weighted by atomic mass is 32.2. The lowest BCUT2D eigenvalue weighted by molar-refractivity contribution is 0.247. The third-order valence-corrected chi connectivity index (χ3v) is 7.38. The van der Waals surface area contributed by atoms with Crippen LogP contribution in [0.2, 0.25) is 0 Å². The highest BCUT2D eigenvalue weighted by Crippen LogP contribution is 2.27. The van der Waals surface area contributed by atoms with Gasteiger partial charge in [0.15, 0.2) is 0 Å². The minimum atomic E-state index is -3.54. The lowest BCUT2D eigenvalue weighted by atomic mass is 9.96. The molecule has 2 heterocycles. The van der Waals surface area contributed by atoms with Crippen LogP contribution >= 0.6 is 0 Å². The standard InChI is InChI=1S/C22H25N3O4S/c1-16-6-3-4-8-20(16)22-23-21(29-24-22)14-17-7-5-13-25(15-17)30(26,27)19-11-9-18(28-2)10-12-19/h3-4,6,8-12,17H,5,7,13-15H2,1-2H3. The summed E-state index contributed by atoms with van der Waals surface area (Å²) in [5, 5.41) is 4.11. The predicted octanol–water partition coefficient (Wildman–Crippen LogP) is 3.70. The van der Waals surface area contributed by atoms with E-state index < -0.39 is 10.0 Å². The number of aryl methyl sites for hydroxylation is 1. The van der Waals surface area contributed by atoms with Gasteiger partial charge in [0.2, 0.25) is 21.7 Å². The molecule has 0 radical (unpaired) electrons. The Kier molecular flexibility index (Phi) is 5.87. The van der Waals surface area contributed by atoms with E-state index in [0.29, 0.717) is 37.0 Å². The molecule has 0 bridgehead atoms. The van der Waals surface area contributed by atoms with Crippen molar-refractivity contribution in [3.8, 4) is 17.1 Å². The average molecular weight is 428 g/mol. The molecule has 1 aromatic heterocycles. The number of nitrogens with zero attached hydrogens (tertiary/aromatic N) is 3. The second-order valence-electron chi connectivity index (χ2n) is 7.58. The van der Waals surface area contributed by atoms with Crippen molar-refractivity contribution in [1.82, 2.24) is 14.4 Å². The van der Waals surface area contributed by atoms with Crippen LogP contribution in [-0.4, -0.2) is 43.1 Å². The van der Waals surface area contributed by atoms with Gasteiger partial charge < -0.3 is 9.26 Å². The molecule has 1 aliphatic rings. The molecule has 0 N–H and O–H groups in total. The summed E-state index contributed by atoms with van der Waals surface area (Å²) >= 11 is 0. The maximum Gasteiger partial charge on any atom is 0.243 e. The van der Waals surface area contributed by atoms with Gasteiger partial charge in [0.25, 0.3) is 0 Å². The number of ether oxygens (including phenoxy) is 1. The lowest BCUT2D eigenvalue weighted by Gasteiger charge is -2.31. The number of rotatable bonds is 6. The van der Waals surface area contributed by atoms with Gasteiger partial charge in [-0.25, -0.2) is 8.42 Å². The van der Waals surface area contributed by atoms with E-state index in [4.69, 9.17) is 9.26 Å². The molecule has 1 unspecified atom stereocenters. The SMILES string of the molecule is COc1ccc(S(=O)(=O)N2CCCC(Cc3nc(-c4ccccc4C)no3)C2)cc1. The monoisotopic (exact) mass is 427 g/mol. The number of aromatic nitrogens is 2. The lowest BCUT2D eigenvalue weighted by Crippen LogP contribution is -2.40. The number of hydrogen-bond acceptors (Lipinski definition) is 6. The molecule has 1 fully saturated rings. The largest absolute Gasteiger partial charge is 0.497 e. The number of sulfonamides is 1. The Bertz CT molecular complexity index is 1110. The maximum atomic E-state index is 13.0. The molecule has 4 rings (SSSR count).